The lowest BCUT2D eigenvalue weighted by atomic mass is 9.78. The number of benzene rings is 1. The predicted octanol–water partition coefficient (Wildman–Crippen LogP) is 0.448. The molecule has 1 heterocycles. The highest BCUT2D eigenvalue weighted by atomic mass is 16.5. The van der Waals surface area contributed by atoms with Gasteiger partial charge in [-0.3, -0.25) is 4.79 Å². The van der Waals surface area contributed by atoms with Crippen LogP contribution in [0, 0.1) is 0 Å². The number of rotatable bonds is 3. The Morgan fingerprint density at radius 3 is 2.33 bits per heavy atom. The summed E-state index contributed by atoms with van der Waals surface area (Å²) in [6.07, 6.45) is 0. The number of carbonyl (C=O) groups is 1. The lowest BCUT2D eigenvalue weighted by molar-refractivity contribution is -0.141. The Kier molecular flexibility index (Phi) is 2.36. The number of ether oxygens (including phenoxy) is 2. The van der Waals surface area contributed by atoms with Crippen molar-refractivity contribution in [1.82, 2.24) is 0 Å². The molecule has 0 atom stereocenters. The van der Waals surface area contributed by atoms with Gasteiger partial charge in [0.05, 0.1) is 20.3 Å². The van der Waals surface area contributed by atoms with Crippen molar-refractivity contribution in [3.8, 4) is 5.75 Å². The average molecular weight is 207 g/mol. The summed E-state index contributed by atoms with van der Waals surface area (Å²) in [6, 6.07) is 7.34. The molecule has 2 N–H and O–H groups in total. The third-order valence-corrected chi connectivity index (χ3v) is 2.81. The Morgan fingerprint density at radius 1 is 1.40 bits per heavy atom. The second kappa shape index (κ2) is 3.55. The third kappa shape index (κ3) is 1.47. The minimum Gasteiger partial charge on any atom is -0.497 e. The van der Waals surface area contributed by atoms with Crippen LogP contribution < -0.4 is 10.5 Å². The molecule has 0 aromatic heterocycles. The minimum absolute atomic E-state index is 0.334. The van der Waals surface area contributed by atoms with Gasteiger partial charge in [-0.2, -0.15) is 0 Å². The van der Waals surface area contributed by atoms with Crippen molar-refractivity contribution in [2.45, 2.75) is 5.41 Å². The molecule has 4 nitrogen and oxygen atoms in total. The summed E-state index contributed by atoms with van der Waals surface area (Å²) in [7, 11) is 1.60. The number of nitrogens with two attached hydrogens (primary N) is 1. The first-order chi connectivity index (χ1) is 7.19. The van der Waals surface area contributed by atoms with E-state index in [1.807, 2.05) is 24.3 Å². The Balaban J connectivity index is 2.31. The highest BCUT2D eigenvalue weighted by Crippen LogP contribution is 2.32. The first-order valence-electron chi connectivity index (χ1n) is 4.71. The maximum atomic E-state index is 11.4. The van der Waals surface area contributed by atoms with Gasteiger partial charge in [-0.05, 0) is 17.7 Å². The molecule has 0 saturated carbocycles. The molecule has 0 spiro atoms. The van der Waals surface area contributed by atoms with E-state index in [0.29, 0.717) is 13.2 Å². The SMILES string of the molecule is COc1ccc(C2(C(N)=O)COC2)cc1. The molecule has 1 saturated heterocycles. The van der Waals surface area contributed by atoms with E-state index in [0.717, 1.165) is 11.3 Å². The molecule has 1 aliphatic rings. The van der Waals surface area contributed by atoms with Gasteiger partial charge in [-0.15, -0.1) is 0 Å². The van der Waals surface area contributed by atoms with Gasteiger partial charge in [0.2, 0.25) is 5.91 Å². The molecule has 2 rings (SSSR count). The van der Waals surface area contributed by atoms with Crippen molar-refractivity contribution in [3.05, 3.63) is 29.8 Å². The third-order valence-electron chi connectivity index (χ3n) is 2.81. The lowest BCUT2D eigenvalue weighted by Gasteiger charge is -2.38. The van der Waals surface area contributed by atoms with Crippen LogP contribution in [0.25, 0.3) is 0 Å². The van der Waals surface area contributed by atoms with E-state index in [4.69, 9.17) is 15.2 Å². The average Bonchev–Trinajstić information content (AvgIpc) is 2.16. The van der Waals surface area contributed by atoms with Gasteiger partial charge in [-0.1, -0.05) is 12.1 Å². The maximum Gasteiger partial charge on any atom is 0.232 e. The van der Waals surface area contributed by atoms with Crippen molar-refractivity contribution in [1.29, 1.82) is 0 Å². The van der Waals surface area contributed by atoms with E-state index in [2.05, 4.69) is 0 Å². The van der Waals surface area contributed by atoms with E-state index < -0.39 is 5.41 Å². The van der Waals surface area contributed by atoms with Crippen LogP contribution in [0.5, 0.6) is 5.75 Å². The van der Waals surface area contributed by atoms with Crippen molar-refractivity contribution >= 4 is 5.91 Å². The lowest BCUT2D eigenvalue weighted by Crippen LogP contribution is -2.56. The van der Waals surface area contributed by atoms with E-state index in [1.54, 1.807) is 7.11 Å². The molecular formula is C11H13NO3. The molecule has 1 aromatic rings. The number of carbonyl (C=O) groups excluding carboxylic acids is 1. The summed E-state index contributed by atoms with van der Waals surface area (Å²) < 4.78 is 10.1. The number of hydrogen-bond donors (Lipinski definition) is 1. The van der Waals surface area contributed by atoms with Crippen LogP contribution in [0.15, 0.2) is 24.3 Å². The normalized spacial score (nSPS) is 17.9. The van der Waals surface area contributed by atoms with Gasteiger partial charge in [0.15, 0.2) is 0 Å². The highest BCUT2D eigenvalue weighted by Gasteiger charge is 2.46. The topological polar surface area (TPSA) is 61.5 Å². The van der Waals surface area contributed by atoms with Gasteiger partial charge in [-0.25, -0.2) is 0 Å². The monoisotopic (exact) mass is 207 g/mol. The Hall–Kier alpha value is -1.55. The van der Waals surface area contributed by atoms with Crippen LogP contribution in [-0.4, -0.2) is 26.2 Å². The van der Waals surface area contributed by atoms with E-state index in [-0.39, 0.29) is 5.91 Å². The molecule has 1 aliphatic heterocycles. The van der Waals surface area contributed by atoms with Gasteiger partial charge in [0.25, 0.3) is 0 Å². The standard InChI is InChI=1S/C11H13NO3/c1-14-9-4-2-8(3-5-9)11(10(12)13)6-15-7-11/h2-5H,6-7H2,1H3,(H2,12,13). The van der Waals surface area contributed by atoms with E-state index >= 15 is 0 Å². The fourth-order valence-corrected chi connectivity index (χ4v) is 1.67. The van der Waals surface area contributed by atoms with Crippen LogP contribution in [0.1, 0.15) is 5.56 Å². The number of primary amides is 1. The molecule has 1 fully saturated rings. The Morgan fingerprint density at radius 2 is 2.00 bits per heavy atom. The van der Waals surface area contributed by atoms with Crippen LogP contribution >= 0.6 is 0 Å². The molecule has 4 heteroatoms. The van der Waals surface area contributed by atoms with Crippen molar-refractivity contribution < 1.29 is 14.3 Å². The number of hydrogen-bond acceptors (Lipinski definition) is 3. The fourth-order valence-electron chi connectivity index (χ4n) is 1.67. The van der Waals surface area contributed by atoms with Gasteiger partial charge >= 0.3 is 0 Å². The minimum atomic E-state index is -0.633. The quantitative estimate of drug-likeness (QED) is 0.782. The second-order valence-corrected chi connectivity index (χ2v) is 3.67. The molecule has 1 amide bonds. The van der Waals surface area contributed by atoms with E-state index in [9.17, 15) is 4.79 Å². The molecule has 1 aromatic carbocycles. The molecule has 0 unspecified atom stereocenters. The van der Waals surface area contributed by atoms with Gasteiger partial charge < -0.3 is 15.2 Å². The van der Waals surface area contributed by atoms with Crippen molar-refractivity contribution in [2.24, 2.45) is 5.73 Å². The first kappa shape index (κ1) is 9.98. The summed E-state index contributed by atoms with van der Waals surface area (Å²) in [4.78, 5) is 11.4. The summed E-state index contributed by atoms with van der Waals surface area (Å²) in [5, 5.41) is 0. The second-order valence-electron chi connectivity index (χ2n) is 3.67. The number of methoxy groups -OCH3 is 1. The smallest absolute Gasteiger partial charge is 0.232 e. The fraction of sp³-hybridized carbons (Fsp3) is 0.364. The molecule has 0 radical (unpaired) electrons. The summed E-state index contributed by atoms with van der Waals surface area (Å²) >= 11 is 0. The molecule has 15 heavy (non-hydrogen) atoms. The van der Waals surface area contributed by atoms with Gasteiger partial charge in [0, 0.05) is 0 Å². The first-order valence-corrected chi connectivity index (χ1v) is 4.71. The summed E-state index contributed by atoms with van der Waals surface area (Å²) in [5.74, 6) is 0.428. The zero-order valence-electron chi connectivity index (χ0n) is 8.53. The highest BCUT2D eigenvalue weighted by molar-refractivity contribution is 5.88. The predicted molar refractivity (Wildman–Crippen MR) is 54.7 cm³/mol. The summed E-state index contributed by atoms with van der Waals surface area (Å²) in [6.45, 7) is 0.739. The van der Waals surface area contributed by atoms with Crippen molar-refractivity contribution in [2.75, 3.05) is 20.3 Å². The molecule has 80 valence electrons. The van der Waals surface area contributed by atoms with Crippen LogP contribution in [-0.2, 0) is 14.9 Å². The Labute approximate surface area is 88.0 Å². The molecule has 0 bridgehead atoms. The van der Waals surface area contributed by atoms with Crippen LogP contribution in [0.3, 0.4) is 0 Å². The Bertz CT molecular complexity index is 368. The van der Waals surface area contributed by atoms with Crippen LogP contribution in [0.2, 0.25) is 0 Å². The molecular weight excluding hydrogens is 194 g/mol. The molecule has 0 aliphatic carbocycles. The van der Waals surface area contributed by atoms with Crippen molar-refractivity contribution in [3.63, 3.8) is 0 Å². The van der Waals surface area contributed by atoms with E-state index in [1.165, 1.54) is 0 Å². The summed E-state index contributed by atoms with van der Waals surface area (Å²) in [5.41, 5.74) is 5.64. The zero-order valence-corrected chi connectivity index (χ0v) is 8.53. The zero-order chi connectivity index (χ0) is 10.9. The van der Waals surface area contributed by atoms with Gasteiger partial charge in [0.1, 0.15) is 11.2 Å². The van der Waals surface area contributed by atoms with Crippen LogP contribution in [0.4, 0.5) is 0 Å². The maximum absolute atomic E-state index is 11.4. The number of amides is 1. The largest absolute Gasteiger partial charge is 0.497 e.